The summed E-state index contributed by atoms with van der Waals surface area (Å²) < 4.78 is 5.76. The van der Waals surface area contributed by atoms with Crippen molar-refractivity contribution in [3.63, 3.8) is 0 Å². The molecule has 26 heavy (non-hydrogen) atoms. The fourth-order valence-corrected chi connectivity index (χ4v) is 3.04. The number of benzene rings is 1. The van der Waals surface area contributed by atoms with Gasteiger partial charge in [-0.3, -0.25) is 4.98 Å². The van der Waals surface area contributed by atoms with Gasteiger partial charge >= 0.3 is 0 Å². The van der Waals surface area contributed by atoms with E-state index in [4.69, 9.17) is 10.5 Å². The molecule has 0 spiro atoms. The summed E-state index contributed by atoms with van der Waals surface area (Å²) in [7, 11) is 0. The fraction of sp³-hybridized carbons (Fsp3) is 0.211. The number of nitrogen functional groups attached to an aromatic ring is 1. The van der Waals surface area contributed by atoms with Crippen LogP contribution in [0.4, 0.5) is 17.2 Å². The normalized spacial score (nSPS) is 14.3. The molecule has 3 aromatic rings. The molecule has 0 bridgehead atoms. The minimum absolute atomic E-state index is 0.355. The van der Waals surface area contributed by atoms with E-state index in [1.54, 1.807) is 18.5 Å². The largest absolute Gasteiger partial charge is 0.435 e. The van der Waals surface area contributed by atoms with Crippen LogP contribution < -0.4 is 20.3 Å². The molecule has 132 valence electrons. The summed E-state index contributed by atoms with van der Waals surface area (Å²) in [5.41, 5.74) is 7.97. The Hall–Kier alpha value is -3.35. The van der Waals surface area contributed by atoms with Crippen molar-refractivity contribution in [3.05, 3.63) is 61.2 Å². The average molecular weight is 348 g/mol. The highest BCUT2D eigenvalue weighted by Crippen LogP contribution is 2.31. The molecule has 4 rings (SSSR count). The van der Waals surface area contributed by atoms with Crippen LogP contribution in [0.3, 0.4) is 0 Å². The molecule has 0 saturated carbocycles. The van der Waals surface area contributed by atoms with Crippen molar-refractivity contribution in [2.75, 3.05) is 41.7 Å². The Morgan fingerprint density at radius 3 is 2.38 bits per heavy atom. The summed E-state index contributed by atoms with van der Waals surface area (Å²) in [6.45, 7) is 3.49. The lowest BCUT2D eigenvalue weighted by Gasteiger charge is -2.37. The van der Waals surface area contributed by atoms with Crippen molar-refractivity contribution in [3.8, 4) is 11.6 Å². The second-order valence-corrected chi connectivity index (χ2v) is 6.02. The maximum Gasteiger partial charge on any atom is 0.248 e. The number of nitrogens with zero attached hydrogens (tertiary/aromatic N) is 5. The van der Waals surface area contributed by atoms with Crippen LogP contribution in [0.15, 0.2) is 61.2 Å². The Morgan fingerprint density at radius 1 is 0.885 bits per heavy atom. The van der Waals surface area contributed by atoms with Crippen LogP contribution in [0.5, 0.6) is 11.6 Å². The Kier molecular flexibility index (Phi) is 4.51. The molecule has 1 saturated heterocycles. The summed E-state index contributed by atoms with van der Waals surface area (Å²) in [6.07, 6.45) is 4.80. The van der Waals surface area contributed by atoms with Crippen LogP contribution in [0.2, 0.25) is 0 Å². The van der Waals surface area contributed by atoms with E-state index in [-0.39, 0.29) is 0 Å². The van der Waals surface area contributed by atoms with E-state index in [9.17, 15) is 0 Å². The Labute approximate surface area is 152 Å². The minimum Gasteiger partial charge on any atom is -0.435 e. The third-order valence-corrected chi connectivity index (χ3v) is 4.38. The number of anilines is 3. The topological polar surface area (TPSA) is 80.4 Å². The monoisotopic (exact) mass is 348 g/mol. The number of rotatable bonds is 4. The molecular formula is C19H20N6O. The lowest BCUT2D eigenvalue weighted by Crippen LogP contribution is -2.47. The molecule has 0 amide bonds. The van der Waals surface area contributed by atoms with E-state index in [0.29, 0.717) is 23.1 Å². The summed E-state index contributed by atoms with van der Waals surface area (Å²) in [5.74, 6) is 1.66. The highest BCUT2D eigenvalue weighted by molar-refractivity contribution is 5.68. The highest BCUT2D eigenvalue weighted by Gasteiger charge is 2.22. The summed E-state index contributed by atoms with van der Waals surface area (Å²) in [4.78, 5) is 17.1. The van der Waals surface area contributed by atoms with Crippen LogP contribution in [-0.4, -0.2) is 41.1 Å². The zero-order valence-corrected chi connectivity index (χ0v) is 14.3. The van der Waals surface area contributed by atoms with Gasteiger partial charge in [0.05, 0.1) is 6.20 Å². The first-order valence-electron chi connectivity index (χ1n) is 8.54. The molecule has 2 aromatic heterocycles. The molecule has 7 nitrogen and oxygen atoms in total. The van der Waals surface area contributed by atoms with E-state index in [2.05, 4.69) is 49.0 Å². The van der Waals surface area contributed by atoms with Gasteiger partial charge in [-0.15, -0.1) is 0 Å². The third kappa shape index (κ3) is 3.37. The predicted octanol–water partition coefficient (Wildman–Crippen LogP) is 2.57. The van der Waals surface area contributed by atoms with E-state index in [0.717, 1.165) is 26.2 Å². The van der Waals surface area contributed by atoms with Gasteiger partial charge in [0, 0.05) is 38.1 Å². The van der Waals surface area contributed by atoms with Crippen LogP contribution in [0.1, 0.15) is 0 Å². The molecule has 0 atom stereocenters. The van der Waals surface area contributed by atoms with Gasteiger partial charge in [-0.1, -0.05) is 18.2 Å². The SMILES string of the molecule is Nc1c(Oc2cccnc2)ncnc1N1CCN(c2ccccc2)CC1. The molecular weight excluding hydrogens is 328 g/mol. The predicted molar refractivity (Wildman–Crippen MR) is 102 cm³/mol. The van der Waals surface area contributed by atoms with Crippen molar-refractivity contribution in [1.82, 2.24) is 15.0 Å². The van der Waals surface area contributed by atoms with Gasteiger partial charge in [-0.2, -0.15) is 4.98 Å². The molecule has 1 aliphatic heterocycles. The second kappa shape index (κ2) is 7.26. The number of nitrogens with two attached hydrogens (primary N) is 1. The van der Waals surface area contributed by atoms with Crippen molar-refractivity contribution < 1.29 is 4.74 Å². The number of ether oxygens (including phenoxy) is 1. The first-order chi connectivity index (χ1) is 12.8. The van der Waals surface area contributed by atoms with Crippen LogP contribution in [0.25, 0.3) is 0 Å². The quantitative estimate of drug-likeness (QED) is 0.776. The minimum atomic E-state index is 0.355. The highest BCUT2D eigenvalue weighted by atomic mass is 16.5. The second-order valence-electron chi connectivity index (χ2n) is 6.02. The van der Waals surface area contributed by atoms with E-state index in [1.165, 1.54) is 12.0 Å². The van der Waals surface area contributed by atoms with Gasteiger partial charge in [0.15, 0.2) is 5.82 Å². The van der Waals surface area contributed by atoms with Gasteiger partial charge in [0.1, 0.15) is 17.8 Å². The smallest absolute Gasteiger partial charge is 0.248 e. The number of pyridine rings is 1. The van der Waals surface area contributed by atoms with Crippen LogP contribution in [-0.2, 0) is 0 Å². The molecule has 1 aliphatic rings. The molecule has 7 heteroatoms. The number of hydrogen-bond acceptors (Lipinski definition) is 7. The molecule has 2 N–H and O–H groups in total. The first-order valence-corrected chi connectivity index (χ1v) is 8.54. The van der Waals surface area contributed by atoms with Crippen LogP contribution >= 0.6 is 0 Å². The summed E-state index contributed by atoms with van der Waals surface area (Å²) in [6, 6.07) is 14.0. The Balaban J connectivity index is 1.48. The van der Waals surface area contributed by atoms with Crippen molar-refractivity contribution in [2.45, 2.75) is 0 Å². The van der Waals surface area contributed by atoms with E-state index in [1.807, 2.05) is 12.1 Å². The Bertz CT molecular complexity index is 850. The Morgan fingerprint density at radius 2 is 1.65 bits per heavy atom. The molecule has 0 aliphatic carbocycles. The number of piperazine rings is 1. The van der Waals surface area contributed by atoms with Gasteiger partial charge in [-0.05, 0) is 24.3 Å². The number of hydrogen-bond donors (Lipinski definition) is 1. The molecule has 0 radical (unpaired) electrons. The lowest BCUT2D eigenvalue weighted by atomic mass is 10.2. The molecule has 0 unspecified atom stereocenters. The van der Waals surface area contributed by atoms with Gasteiger partial charge < -0.3 is 20.3 Å². The average Bonchev–Trinajstić information content (AvgIpc) is 2.71. The lowest BCUT2D eigenvalue weighted by molar-refractivity contribution is 0.461. The molecule has 3 heterocycles. The fourth-order valence-electron chi connectivity index (χ4n) is 3.04. The maximum absolute atomic E-state index is 6.28. The zero-order chi connectivity index (χ0) is 17.8. The van der Waals surface area contributed by atoms with E-state index < -0.39 is 0 Å². The molecule has 1 aromatic carbocycles. The standard InChI is InChI=1S/C19H20N6O/c20-17-18(22-14-23-19(17)26-16-7-4-8-21-13-16)25-11-9-24(10-12-25)15-5-2-1-3-6-15/h1-8,13-14H,9-12,20H2. The number of aromatic nitrogens is 3. The van der Waals surface area contributed by atoms with Crippen LogP contribution in [0, 0.1) is 0 Å². The first kappa shape index (κ1) is 16.1. The van der Waals surface area contributed by atoms with Gasteiger partial charge in [0.2, 0.25) is 5.88 Å². The zero-order valence-electron chi connectivity index (χ0n) is 14.3. The number of para-hydroxylation sites is 1. The summed E-state index contributed by atoms with van der Waals surface area (Å²) >= 11 is 0. The van der Waals surface area contributed by atoms with Crippen molar-refractivity contribution in [2.24, 2.45) is 0 Å². The molecule has 1 fully saturated rings. The van der Waals surface area contributed by atoms with Gasteiger partial charge in [-0.25, -0.2) is 4.98 Å². The van der Waals surface area contributed by atoms with Gasteiger partial charge in [0.25, 0.3) is 0 Å². The van der Waals surface area contributed by atoms with Crippen molar-refractivity contribution in [1.29, 1.82) is 0 Å². The third-order valence-electron chi connectivity index (χ3n) is 4.38. The maximum atomic E-state index is 6.28. The van der Waals surface area contributed by atoms with Crippen molar-refractivity contribution >= 4 is 17.2 Å². The summed E-state index contributed by atoms with van der Waals surface area (Å²) in [5, 5.41) is 0. The van der Waals surface area contributed by atoms with E-state index >= 15 is 0 Å².